The molecule has 0 amide bonds. The first kappa shape index (κ1) is 21.6. The van der Waals surface area contributed by atoms with E-state index in [0.717, 1.165) is 11.1 Å². The fourth-order valence-corrected chi connectivity index (χ4v) is 4.37. The summed E-state index contributed by atoms with van der Waals surface area (Å²) in [6.45, 7) is 5.85. The van der Waals surface area contributed by atoms with Crippen molar-refractivity contribution in [1.82, 2.24) is 4.98 Å². The van der Waals surface area contributed by atoms with Crippen LogP contribution >= 0.6 is 0 Å². The van der Waals surface area contributed by atoms with Gasteiger partial charge in [0.1, 0.15) is 5.76 Å². The number of carbonyl (C=O) groups is 2. The first-order valence-corrected chi connectivity index (χ1v) is 10.8. The van der Waals surface area contributed by atoms with Crippen LogP contribution in [-0.4, -0.2) is 28.4 Å². The van der Waals surface area contributed by atoms with Crippen molar-refractivity contribution in [2.24, 2.45) is 5.41 Å². The summed E-state index contributed by atoms with van der Waals surface area (Å²) >= 11 is 0. The predicted octanol–water partition coefficient (Wildman–Crippen LogP) is 6.18. The highest BCUT2D eigenvalue weighted by molar-refractivity contribution is 6.26. The maximum atomic E-state index is 13.3. The van der Waals surface area contributed by atoms with Crippen molar-refractivity contribution in [1.29, 1.82) is 0 Å². The van der Waals surface area contributed by atoms with Gasteiger partial charge in [0.2, 0.25) is 0 Å². The zero-order valence-electron chi connectivity index (χ0n) is 18.6. The second-order valence-electron chi connectivity index (χ2n) is 8.84. The number of benzene rings is 2. The zero-order chi connectivity index (χ0) is 22.9. The van der Waals surface area contributed by atoms with E-state index in [1.807, 2.05) is 74.5 Å². The molecule has 0 bridgehead atoms. The molecule has 0 radical (unpaired) electrons. The first-order valence-electron chi connectivity index (χ1n) is 10.8. The van der Waals surface area contributed by atoms with E-state index in [1.165, 1.54) is 0 Å². The molecule has 2 aromatic carbocycles. The van der Waals surface area contributed by atoms with Crippen LogP contribution in [0.15, 0.2) is 66.4 Å². The van der Waals surface area contributed by atoms with Crippen molar-refractivity contribution < 1.29 is 19.4 Å². The molecule has 0 aliphatic heterocycles. The Kier molecular flexibility index (Phi) is 5.74. The van der Waals surface area contributed by atoms with E-state index in [4.69, 9.17) is 4.74 Å². The molecule has 0 saturated carbocycles. The average molecular weight is 430 g/mol. The smallest absolute Gasteiger partial charge is 0.340 e. The molecule has 0 fully saturated rings. The number of ether oxygens (including phenoxy) is 1. The molecule has 0 saturated heterocycles. The molecule has 4 rings (SSSR count). The number of rotatable bonds is 5. The maximum Gasteiger partial charge on any atom is 0.340 e. The van der Waals surface area contributed by atoms with E-state index in [2.05, 4.69) is 4.98 Å². The second-order valence-corrected chi connectivity index (χ2v) is 8.84. The molecule has 1 heterocycles. The highest BCUT2D eigenvalue weighted by Gasteiger charge is 2.38. The summed E-state index contributed by atoms with van der Waals surface area (Å²) in [6, 6.07) is 19.0. The van der Waals surface area contributed by atoms with E-state index < -0.39 is 5.97 Å². The molecule has 0 atom stereocenters. The van der Waals surface area contributed by atoms with Crippen molar-refractivity contribution in [2.45, 2.75) is 33.6 Å². The van der Waals surface area contributed by atoms with Crippen molar-refractivity contribution in [3.63, 3.8) is 0 Å². The molecule has 1 aromatic heterocycles. The van der Waals surface area contributed by atoms with Crippen LogP contribution in [0.25, 0.3) is 28.1 Å². The summed E-state index contributed by atoms with van der Waals surface area (Å²) < 4.78 is 5.41. The third-order valence-electron chi connectivity index (χ3n) is 5.71. The Morgan fingerprint density at radius 1 is 0.969 bits per heavy atom. The molecular formula is C27H27NO4. The Morgan fingerprint density at radius 3 is 2.06 bits per heavy atom. The molecule has 2 N–H and O–H groups in total. The van der Waals surface area contributed by atoms with E-state index in [9.17, 15) is 14.7 Å². The van der Waals surface area contributed by atoms with Gasteiger partial charge in [-0.15, -0.1) is 0 Å². The lowest BCUT2D eigenvalue weighted by Crippen LogP contribution is -2.26. The van der Waals surface area contributed by atoms with Gasteiger partial charge in [0.05, 0.1) is 29.1 Å². The number of aromatic amines is 1. The van der Waals surface area contributed by atoms with E-state index in [1.54, 1.807) is 6.92 Å². The fraction of sp³-hybridized carbons (Fsp3) is 0.259. The third-order valence-corrected chi connectivity index (χ3v) is 5.71. The number of carbonyl (C=O) groups excluding carboxylic acids is 2. The molecule has 3 aromatic rings. The van der Waals surface area contributed by atoms with Gasteiger partial charge < -0.3 is 14.8 Å². The number of aliphatic hydroxyl groups is 1. The molecule has 32 heavy (non-hydrogen) atoms. The van der Waals surface area contributed by atoms with E-state index in [-0.39, 0.29) is 41.1 Å². The molecular weight excluding hydrogens is 402 g/mol. The van der Waals surface area contributed by atoms with Gasteiger partial charge in [0.15, 0.2) is 5.78 Å². The molecule has 5 heteroatoms. The molecule has 1 aliphatic rings. The average Bonchev–Trinajstić information content (AvgIpc) is 3.14. The van der Waals surface area contributed by atoms with Crippen LogP contribution in [-0.2, 0) is 9.53 Å². The number of allylic oxidation sites excluding steroid dienone is 2. The van der Waals surface area contributed by atoms with Gasteiger partial charge in [-0.3, -0.25) is 4.79 Å². The van der Waals surface area contributed by atoms with Crippen molar-refractivity contribution in [3.05, 3.63) is 77.5 Å². The Bertz CT molecular complexity index is 1190. The molecule has 0 spiro atoms. The van der Waals surface area contributed by atoms with Crippen LogP contribution in [0.4, 0.5) is 0 Å². The SMILES string of the molecule is CCOC(=O)c1c(-c2ccccc2)[nH]c(-c2ccccc2)c1C1=C(O)CC(C)(C)CC1=O. The number of ketones is 1. The van der Waals surface area contributed by atoms with E-state index in [0.29, 0.717) is 23.4 Å². The summed E-state index contributed by atoms with van der Waals surface area (Å²) in [5.41, 5.74) is 3.32. The standard InChI is InChI=1S/C27H27NO4/c1-4-32-26(31)23-22(21-19(29)15-27(2,3)16-20(21)30)24(17-11-7-5-8-12-17)28-25(23)18-13-9-6-10-14-18/h5-14,28-29H,4,15-16H2,1-3H3. The fourth-order valence-electron chi connectivity index (χ4n) is 4.37. The third kappa shape index (κ3) is 3.98. The lowest BCUT2D eigenvalue weighted by atomic mass is 9.74. The van der Waals surface area contributed by atoms with Gasteiger partial charge in [-0.1, -0.05) is 74.5 Å². The van der Waals surface area contributed by atoms with Crippen LogP contribution in [0.3, 0.4) is 0 Å². The number of H-pyrrole nitrogens is 1. The highest BCUT2D eigenvalue weighted by atomic mass is 16.5. The van der Waals surface area contributed by atoms with Crippen molar-refractivity contribution in [2.75, 3.05) is 6.61 Å². The lowest BCUT2D eigenvalue weighted by molar-refractivity contribution is -0.116. The normalized spacial score (nSPS) is 15.7. The van der Waals surface area contributed by atoms with Crippen LogP contribution in [0, 0.1) is 5.41 Å². The van der Waals surface area contributed by atoms with Gasteiger partial charge in [-0.2, -0.15) is 0 Å². The quantitative estimate of drug-likeness (QED) is 0.474. The largest absolute Gasteiger partial charge is 0.512 e. The topological polar surface area (TPSA) is 79.4 Å². The van der Waals surface area contributed by atoms with Crippen molar-refractivity contribution >= 4 is 17.3 Å². The van der Waals surface area contributed by atoms with Gasteiger partial charge in [0.25, 0.3) is 0 Å². The molecule has 0 unspecified atom stereocenters. The van der Waals surface area contributed by atoms with Crippen LogP contribution < -0.4 is 0 Å². The minimum Gasteiger partial charge on any atom is -0.512 e. The highest BCUT2D eigenvalue weighted by Crippen LogP contribution is 2.45. The Labute approximate surface area is 187 Å². The lowest BCUT2D eigenvalue weighted by Gasteiger charge is -2.30. The minimum atomic E-state index is -0.530. The minimum absolute atomic E-state index is 0.00703. The summed E-state index contributed by atoms with van der Waals surface area (Å²) in [5, 5.41) is 11.0. The maximum absolute atomic E-state index is 13.3. The summed E-state index contributed by atoms with van der Waals surface area (Å²) in [5.74, 6) is -0.703. The van der Waals surface area contributed by atoms with Gasteiger partial charge in [-0.25, -0.2) is 4.79 Å². The van der Waals surface area contributed by atoms with Crippen LogP contribution in [0.5, 0.6) is 0 Å². The molecule has 1 aliphatic carbocycles. The zero-order valence-corrected chi connectivity index (χ0v) is 18.6. The van der Waals surface area contributed by atoms with E-state index >= 15 is 0 Å². The summed E-state index contributed by atoms with van der Waals surface area (Å²) in [6.07, 6.45) is 0.644. The van der Waals surface area contributed by atoms with Crippen LogP contribution in [0.1, 0.15) is 49.5 Å². The Balaban J connectivity index is 2.08. The number of Topliss-reactive ketones (excluding diaryl/α,β-unsaturated/α-hetero) is 1. The molecule has 5 nitrogen and oxygen atoms in total. The summed E-state index contributed by atoms with van der Waals surface area (Å²) in [4.78, 5) is 29.9. The van der Waals surface area contributed by atoms with Gasteiger partial charge >= 0.3 is 5.97 Å². The number of aromatic nitrogens is 1. The van der Waals surface area contributed by atoms with Gasteiger partial charge in [-0.05, 0) is 23.5 Å². The Morgan fingerprint density at radius 2 is 1.53 bits per heavy atom. The van der Waals surface area contributed by atoms with Crippen LogP contribution in [0.2, 0.25) is 0 Å². The number of nitrogens with one attached hydrogen (secondary N) is 1. The van der Waals surface area contributed by atoms with Crippen molar-refractivity contribution in [3.8, 4) is 22.5 Å². The molecule has 164 valence electrons. The first-order chi connectivity index (χ1) is 15.3. The monoisotopic (exact) mass is 429 g/mol. The van der Waals surface area contributed by atoms with Gasteiger partial charge in [0, 0.05) is 18.4 Å². The predicted molar refractivity (Wildman–Crippen MR) is 125 cm³/mol. The number of hydrogen-bond acceptors (Lipinski definition) is 4. The second kappa shape index (κ2) is 8.50. The Hall–Kier alpha value is -3.60. The summed E-state index contributed by atoms with van der Waals surface area (Å²) in [7, 11) is 0. The number of aliphatic hydroxyl groups excluding tert-OH is 1. The number of hydrogen-bond donors (Lipinski definition) is 2. The number of esters is 1.